The van der Waals surface area contributed by atoms with Crippen molar-refractivity contribution in [1.82, 2.24) is 19.9 Å². The molecular weight excluding hydrogens is 469 g/mol. The highest BCUT2D eigenvalue weighted by Crippen LogP contribution is 2.26. The molecule has 0 aliphatic heterocycles. The average molecular weight is 487 g/mol. The molecule has 1 amide bonds. The van der Waals surface area contributed by atoms with Gasteiger partial charge >= 0.3 is 5.76 Å². The highest BCUT2D eigenvalue weighted by Gasteiger charge is 2.13. The summed E-state index contributed by atoms with van der Waals surface area (Å²) in [6, 6.07) is 19.6. The fourth-order valence-electron chi connectivity index (χ4n) is 3.38. The third-order valence-electron chi connectivity index (χ3n) is 5.12. The number of ether oxygens (including phenoxy) is 2. The predicted molar refractivity (Wildman–Crippen MR) is 127 cm³/mol. The van der Waals surface area contributed by atoms with Crippen LogP contribution >= 0.6 is 0 Å². The van der Waals surface area contributed by atoms with Crippen LogP contribution in [0.4, 0.5) is 10.1 Å². The average Bonchev–Trinajstić information content (AvgIpc) is 3.55. The molecule has 0 aliphatic rings. The molecule has 0 atom stereocenters. The Labute approximate surface area is 202 Å². The summed E-state index contributed by atoms with van der Waals surface area (Å²) < 4.78 is 30.5. The Bertz CT molecular complexity index is 1590. The van der Waals surface area contributed by atoms with Crippen molar-refractivity contribution in [2.75, 3.05) is 12.4 Å². The van der Waals surface area contributed by atoms with E-state index in [2.05, 4.69) is 25.1 Å². The number of carbonyl (C=O) groups excluding carboxylic acids is 1. The van der Waals surface area contributed by atoms with Crippen molar-refractivity contribution in [3.63, 3.8) is 0 Å². The van der Waals surface area contributed by atoms with E-state index in [1.165, 1.54) is 30.0 Å². The fraction of sp³-hybridized carbons (Fsp3) is 0.0400. The number of methoxy groups -OCH3 is 1. The van der Waals surface area contributed by atoms with E-state index in [0.717, 1.165) is 0 Å². The zero-order valence-corrected chi connectivity index (χ0v) is 18.8. The summed E-state index contributed by atoms with van der Waals surface area (Å²) in [4.78, 5) is 26.3. The van der Waals surface area contributed by atoms with Crippen LogP contribution in [0.15, 0.2) is 88.3 Å². The first-order valence-electron chi connectivity index (χ1n) is 10.6. The lowest BCUT2D eigenvalue weighted by molar-refractivity contribution is 0.102. The molecule has 0 saturated heterocycles. The molecule has 180 valence electrons. The Hall–Kier alpha value is -5.19. The van der Waals surface area contributed by atoms with Crippen LogP contribution in [0.25, 0.3) is 17.1 Å². The standard InChI is InChI=1S/C25H18FN5O5/c1-34-22-14-17(7-10-20(22)26)31-12-11-21(29-31)24(32)27-16-3-2-4-19(13-16)35-18-8-5-15(6-9-18)23-28-25(33)36-30-23/h2-14H,1H3,(H,27,32)(H,28,30,33). The molecule has 3 aromatic carbocycles. The second kappa shape index (κ2) is 9.58. The van der Waals surface area contributed by atoms with Gasteiger partial charge in [0.05, 0.1) is 12.8 Å². The molecular formula is C25H18FN5O5. The second-order valence-corrected chi connectivity index (χ2v) is 7.52. The van der Waals surface area contributed by atoms with Gasteiger partial charge in [-0.1, -0.05) is 11.2 Å². The Kier molecular flexibility index (Phi) is 6.02. The van der Waals surface area contributed by atoms with Gasteiger partial charge in [-0.3, -0.25) is 14.3 Å². The predicted octanol–water partition coefficient (Wildman–Crippen LogP) is 4.41. The van der Waals surface area contributed by atoms with Gasteiger partial charge in [-0.2, -0.15) is 5.10 Å². The largest absolute Gasteiger partial charge is 0.494 e. The minimum absolute atomic E-state index is 0.0773. The van der Waals surface area contributed by atoms with Crippen LogP contribution in [0.2, 0.25) is 0 Å². The van der Waals surface area contributed by atoms with Crippen LogP contribution in [0.3, 0.4) is 0 Å². The summed E-state index contributed by atoms with van der Waals surface area (Å²) in [7, 11) is 1.37. The first-order valence-corrected chi connectivity index (χ1v) is 10.6. The van der Waals surface area contributed by atoms with Crippen molar-refractivity contribution in [1.29, 1.82) is 0 Å². The van der Waals surface area contributed by atoms with Crippen molar-refractivity contribution in [2.24, 2.45) is 0 Å². The zero-order valence-electron chi connectivity index (χ0n) is 18.8. The molecule has 2 aromatic heterocycles. The van der Waals surface area contributed by atoms with Gasteiger partial charge in [0.1, 0.15) is 11.5 Å². The van der Waals surface area contributed by atoms with E-state index in [1.54, 1.807) is 60.8 Å². The van der Waals surface area contributed by atoms with Gasteiger partial charge < -0.3 is 14.8 Å². The highest BCUT2D eigenvalue weighted by molar-refractivity contribution is 6.02. The maximum absolute atomic E-state index is 13.7. The number of rotatable bonds is 7. The molecule has 2 N–H and O–H groups in total. The number of nitrogens with zero attached hydrogens (tertiary/aromatic N) is 3. The Morgan fingerprint density at radius 3 is 2.64 bits per heavy atom. The molecule has 0 aliphatic carbocycles. The lowest BCUT2D eigenvalue weighted by Gasteiger charge is -2.09. The summed E-state index contributed by atoms with van der Waals surface area (Å²) in [5.41, 5.74) is 1.88. The number of anilines is 1. The maximum atomic E-state index is 13.7. The van der Waals surface area contributed by atoms with Gasteiger partial charge in [-0.15, -0.1) is 0 Å². The fourth-order valence-corrected chi connectivity index (χ4v) is 3.38. The summed E-state index contributed by atoms with van der Waals surface area (Å²) >= 11 is 0. The molecule has 0 bridgehead atoms. The van der Waals surface area contributed by atoms with Crippen LogP contribution in [-0.2, 0) is 0 Å². The third kappa shape index (κ3) is 4.85. The monoisotopic (exact) mass is 487 g/mol. The number of amides is 1. The lowest BCUT2D eigenvalue weighted by Crippen LogP contribution is -2.13. The summed E-state index contributed by atoms with van der Waals surface area (Å²) in [6.45, 7) is 0. The number of halogens is 1. The molecule has 5 aromatic rings. The molecule has 10 nitrogen and oxygen atoms in total. The van der Waals surface area contributed by atoms with Gasteiger partial charge in [-0.05, 0) is 54.6 Å². The zero-order chi connectivity index (χ0) is 25.1. The van der Waals surface area contributed by atoms with E-state index < -0.39 is 17.5 Å². The van der Waals surface area contributed by atoms with E-state index in [1.807, 2.05) is 0 Å². The van der Waals surface area contributed by atoms with Gasteiger partial charge in [0.2, 0.25) is 0 Å². The summed E-state index contributed by atoms with van der Waals surface area (Å²) in [5.74, 6) is -0.111. The van der Waals surface area contributed by atoms with Crippen molar-refractivity contribution in [3.05, 3.63) is 101 Å². The molecule has 11 heteroatoms. The van der Waals surface area contributed by atoms with E-state index >= 15 is 0 Å². The molecule has 0 saturated carbocycles. The first kappa shape index (κ1) is 22.6. The number of hydrogen-bond acceptors (Lipinski definition) is 7. The Morgan fingerprint density at radius 1 is 1.06 bits per heavy atom. The number of hydrogen-bond donors (Lipinski definition) is 2. The van der Waals surface area contributed by atoms with E-state index in [9.17, 15) is 14.0 Å². The minimum atomic E-state index is -0.633. The first-order chi connectivity index (χ1) is 17.5. The SMILES string of the molecule is COc1cc(-n2ccc(C(=O)Nc3cccc(Oc4ccc(-c5noc(=O)[nH]5)cc4)c3)n2)ccc1F. The van der Waals surface area contributed by atoms with E-state index in [0.29, 0.717) is 34.3 Å². The summed E-state index contributed by atoms with van der Waals surface area (Å²) in [5, 5.41) is 10.7. The van der Waals surface area contributed by atoms with E-state index in [-0.39, 0.29) is 11.4 Å². The number of aromatic nitrogens is 4. The Balaban J connectivity index is 1.26. The number of carbonyl (C=O) groups is 1. The maximum Gasteiger partial charge on any atom is 0.439 e. The van der Waals surface area contributed by atoms with Crippen molar-refractivity contribution < 1.29 is 23.2 Å². The van der Waals surface area contributed by atoms with Crippen molar-refractivity contribution in [3.8, 4) is 34.3 Å². The van der Waals surface area contributed by atoms with Gasteiger partial charge in [0.15, 0.2) is 23.1 Å². The molecule has 0 radical (unpaired) electrons. The third-order valence-corrected chi connectivity index (χ3v) is 5.12. The lowest BCUT2D eigenvalue weighted by atomic mass is 10.2. The number of benzene rings is 3. The second-order valence-electron chi connectivity index (χ2n) is 7.52. The van der Waals surface area contributed by atoms with Crippen molar-refractivity contribution in [2.45, 2.75) is 0 Å². The summed E-state index contributed by atoms with van der Waals surface area (Å²) in [6.07, 6.45) is 1.60. The van der Waals surface area contributed by atoms with Crippen LogP contribution < -0.4 is 20.5 Å². The van der Waals surface area contributed by atoms with Gasteiger partial charge in [0.25, 0.3) is 5.91 Å². The normalized spacial score (nSPS) is 10.7. The molecule has 0 fully saturated rings. The molecule has 2 heterocycles. The van der Waals surface area contributed by atoms with Crippen LogP contribution in [-0.4, -0.2) is 32.9 Å². The minimum Gasteiger partial charge on any atom is -0.494 e. The highest BCUT2D eigenvalue weighted by atomic mass is 19.1. The van der Waals surface area contributed by atoms with E-state index in [4.69, 9.17) is 9.47 Å². The molecule has 0 unspecified atom stereocenters. The molecule has 5 rings (SSSR count). The number of aromatic amines is 1. The van der Waals surface area contributed by atoms with Gasteiger partial charge in [-0.25, -0.2) is 13.9 Å². The molecule has 36 heavy (non-hydrogen) atoms. The van der Waals surface area contributed by atoms with Crippen LogP contribution in [0.1, 0.15) is 10.5 Å². The molecule has 0 spiro atoms. The smallest absolute Gasteiger partial charge is 0.439 e. The van der Waals surface area contributed by atoms with Crippen LogP contribution in [0, 0.1) is 5.82 Å². The Morgan fingerprint density at radius 2 is 1.89 bits per heavy atom. The quantitative estimate of drug-likeness (QED) is 0.348. The number of nitrogens with one attached hydrogen (secondary N) is 2. The topological polar surface area (TPSA) is 124 Å². The number of H-pyrrole nitrogens is 1. The van der Waals surface area contributed by atoms with Crippen LogP contribution in [0.5, 0.6) is 17.2 Å². The van der Waals surface area contributed by atoms with Gasteiger partial charge in [0, 0.05) is 29.6 Å². The van der Waals surface area contributed by atoms with Crippen molar-refractivity contribution >= 4 is 11.6 Å².